The number of carbonyl (C=O) groups excluding carboxylic acids is 1. The minimum absolute atomic E-state index is 0.0330. The van der Waals surface area contributed by atoms with E-state index in [2.05, 4.69) is 49.4 Å². The average Bonchev–Trinajstić information content (AvgIpc) is 3.00. The lowest BCUT2D eigenvalue weighted by atomic mass is 9.73. The Kier molecular flexibility index (Phi) is 2.81. The smallest absolute Gasteiger partial charge is 0.313 e. The molecule has 0 aromatic heterocycles. The first-order chi connectivity index (χ1) is 10.2. The van der Waals surface area contributed by atoms with E-state index in [-0.39, 0.29) is 17.5 Å². The van der Waals surface area contributed by atoms with E-state index in [4.69, 9.17) is 4.74 Å². The molecule has 3 atom stereocenters. The second-order valence-electron chi connectivity index (χ2n) is 6.62. The number of cyclic esters (lactones) is 1. The van der Waals surface area contributed by atoms with E-state index in [1.165, 1.54) is 16.3 Å². The van der Waals surface area contributed by atoms with E-state index < -0.39 is 0 Å². The van der Waals surface area contributed by atoms with Crippen molar-refractivity contribution in [3.63, 3.8) is 0 Å². The van der Waals surface area contributed by atoms with Gasteiger partial charge in [0.05, 0.1) is 5.41 Å². The van der Waals surface area contributed by atoms with Crippen LogP contribution in [0.5, 0.6) is 0 Å². The van der Waals surface area contributed by atoms with Crippen molar-refractivity contribution in [3.8, 4) is 0 Å². The van der Waals surface area contributed by atoms with Crippen LogP contribution >= 0.6 is 0 Å². The molecule has 0 N–H and O–H groups in total. The summed E-state index contributed by atoms with van der Waals surface area (Å²) in [6, 6.07) is 15.0. The molecule has 0 radical (unpaired) electrons. The molecule has 1 saturated heterocycles. The third-order valence-electron chi connectivity index (χ3n) is 5.45. The van der Waals surface area contributed by atoms with Crippen molar-refractivity contribution in [2.24, 2.45) is 11.3 Å². The van der Waals surface area contributed by atoms with Gasteiger partial charge in [0.2, 0.25) is 0 Å². The number of hydrogen-bond acceptors (Lipinski definition) is 2. The van der Waals surface area contributed by atoms with E-state index in [1.54, 1.807) is 0 Å². The molecule has 1 heterocycles. The van der Waals surface area contributed by atoms with E-state index in [0.29, 0.717) is 5.92 Å². The van der Waals surface area contributed by atoms with Crippen molar-refractivity contribution in [1.29, 1.82) is 0 Å². The second kappa shape index (κ2) is 4.59. The van der Waals surface area contributed by atoms with Crippen molar-refractivity contribution in [2.75, 3.05) is 0 Å². The molecule has 4 rings (SSSR count). The van der Waals surface area contributed by atoms with Gasteiger partial charge < -0.3 is 4.74 Å². The Bertz CT molecular complexity index is 706. The summed E-state index contributed by atoms with van der Waals surface area (Å²) in [4.78, 5) is 12.4. The minimum atomic E-state index is -0.262. The molecular weight excluding hydrogens is 260 g/mol. The Morgan fingerprint density at radius 3 is 2.86 bits per heavy atom. The third kappa shape index (κ3) is 1.89. The van der Waals surface area contributed by atoms with Gasteiger partial charge in [0.25, 0.3) is 0 Å². The Hall–Kier alpha value is -1.83. The lowest BCUT2D eigenvalue weighted by Crippen LogP contribution is -2.32. The molecule has 2 aliphatic rings. The van der Waals surface area contributed by atoms with Gasteiger partial charge in [0.15, 0.2) is 0 Å². The van der Waals surface area contributed by atoms with Crippen LogP contribution in [0.2, 0.25) is 0 Å². The second-order valence-corrected chi connectivity index (χ2v) is 6.62. The first-order valence-electron chi connectivity index (χ1n) is 7.88. The Balaban J connectivity index is 1.71. The van der Waals surface area contributed by atoms with Crippen LogP contribution in [-0.2, 0) is 16.0 Å². The number of esters is 1. The highest BCUT2D eigenvalue weighted by Gasteiger charge is 2.57. The zero-order chi connectivity index (χ0) is 14.4. The summed E-state index contributed by atoms with van der Waals surface area (Å²) in [5, 5.41) is 2.50. The fraction of sp³-hybridized carbons (Fsp3) is 0.421. The highest BCUT2D eigenvalue weighted by atomic mass is 16.6. The van der Waals surface area contributed by atoms with Gasteiger partial charge in [-0.2, -0.15) is 0 Å². The Morgan fingerprint density at radius 1 is 1.19 bits per heavy atom. The molecule has 0 amide bonds. The first-order valence-corrected chi connectivity index (χ1v) is 7.88. The molecule has 2 heteroatoms. The third-order valence-corrected chi connectivity index (χ3v) is 5.45. The predicted octanol–water partition coefficient (Wildman–Crippen LogP) is 4.11. The van der Waals surface area contributed by atoms with Gasteiger partial charge in [-0.15, -0.1) is 0 Å². The average molecular weight is 280 g/mol. The van der Waals surface area contributed by atoms with Gasteiger partial charge in [0.1, 0.15) is 6.10 Å². The maximum absolute atomic E-state index is 12.4. The summed E-state index contributed by atoms with van der Waals surface area (Å²) in [6.07, 6.45) is 4.16. The highest BCUT2D eigenvalue weighted by molar-refractivity contribution is 5.84. The van der Waals surface area contributed by atoms with Crippen LogP contribution < -0.4 is 0 Å². The fourth-order valence-electron chi connectivity index (χ4n) is 4.41. The SMILES string of the molecule is C[C@@H]1OC(=O)[C@@]2(Cc3ccc4ccccc4c3)CCC[C@@H]12. The summed E-state index contributed by atoms with van der Waals surface area (Å²) in [5.41, 5.74) is 0.994. The maximum Gasteiger partial charge on any atom is 0.313 e. The van der Waals surface area contributed by atoms with Gasteiger partial charge in [0, 0.05) is 5.92 Å². The largest absolute Gasteiger partial charge is 0.462 e. The summed E-state index contributed by atoms with van der Waals surface area (Å²) in [6.45, 7) is 2.05. The molecule has 1 aliphatic heterocycles. The molecule has 0 bridgehead atoms. The van der Waals surface area contributed by atoms with Crippen LogP contribution in [0.25, 0.3) is 10.8 Å². The van der Waals surface area contributed by atoms with Crippen molar-refractivity contribution in [2.45, 2.75) is 38.7 Å². The van der Waals surface area contributed by atoms with Gasteiger partial charge in [-0.1, -0.05) is 48.9 Å². The highest BCUT2D eigenvalue weighted by Crippen LogP contribution is 2.53. The molecule has 2 aromatic rings. The van der Waals surface area contributed by atoms with Crippen molar-refractivity contribution in [3.05, 3.63) is 48.0 Å². The van der Waals surface area contributed by atoms with Crippen LogP contribution in [-0.4, -0.2) is 12.1 Å². The fourth-order valence-corrected chi connectivity index (χ4v) is 4.41. The summed E-state index contributed by atoms with van der Waals surface area (Å²) in [7, 11) is 0. The van der Waals surface area contributed by atoms with Gasteiger partial charge in [-0.05, 0) is 42.5 Å². The number of carbonyl (C=O) groups is 1. The van der Waals surface area contributed by atoms with Crippen LogP contribution in [0, 0.1) is 11.3 Å². The van der Waals surface area contributed by atoms with E-state index in [1.807, 2.05) is 0 Å². The Morgan fingerprint density at radius 2 is 2.00 bits per heavy atom. The lowest BCUT2D eigenvalue weighted by molar-refractivity contribution is -0.148. The number of ether oxygens (including phenoxy) is 1. The quantitative estimate of drug-likeness (QED) is 0.774. The van der Waals surface area contributed by atoms with E-state index in [9.17, 15) is 4.79 Å². The van der Waals surface area contributed by atoms with Crippen molar-refractivity contribution in [1.82, 2.24) is 0 Å². The van der Waals surface area contributed by atoms with Crippen LogP contribution in [0.4, 0.5) is 0 Å². The van der Waals surface area contributed by atoms with E-state index in [0.717, 1.165) is 25.7 Å². The minimum Gasteiger partial charge on any atom is -0.462 e. The number of rotatable bonds is 2. The molecule has 0 unspecified atom stereocenters. The summed E-state index contributed by atoms with van der Waals surface area (Å²) >= 11 is 0. The molecule has 2 aromatic carbocycles. The summed E-state index contributed by atoms with van der Waals surface area (Å²) < 4.78 is 5.55. The molecule has 1 aliphatic carbocycles. The normalized spacial score (nSPS) is 31.4. The molecule has 21 heavy (non-hydrogen) atoms. The lowest BCUT2D eigenvalue weighted by Gasteiger charge is -2.25. The first kappa shape index (κ1) is 12.9. The molecule has 2 fully saturated rings. The zero-order valence-electron chi connectivity index (χ0n) is 12.3. The maximum atomic E-state index is 12.4. The van der Waals surface area contributed by atoms with Gasteiger partial charge in [-0.25, -0.2) is 0 Å². The van der Waals surface area contributed by atoms with Crippen molar-refractivity contribution < 1.29 is 9.53 Å². The number of fused-ring (bicyclic) bond motifs is 2. The standard InChI is InChI=1S/C19H20O2/c1-13-17-7-4-10-19(17,18(20)21-13)12-14-8-9-15-5-2-3-6-16(15)11-14/h2-3,5-6,8-9,11,13,17H,4,7,10,12H2,1H3/t13-,17-,19+/m0/s1. The summed E-state index contributed by atoms with van der Waals surface area (Å²) in [5.74, 6) is 0.433. The molecule has 2 nitrogen and oxygen atoms in total. The van der Waals surface area contributed by atoms with Crippen LogP contribution in [0.1, 0.15) is 31.7 Å². The molecule has 108 valence electrons. The van der Waals surface area contributed by atoms with Crippen molar-refractivity contribution >= 4 is 16.7 Å². The van der Waals surface area contributed by atoms with E-state index >= 15 is 0 Å². The number of benzene rings is 2. The molecular formula is C19H20O2. The van der Waals surface area contributed by atoms with Gasteiger partial charge in [-0.3, -0.25) is 4.79 Å². The predicted molar refractivity (Wildman–Crippen MR) is 83.0 cm³/mol. The van der Waals surface area contributed by atoms with Gasteiger partial charge >= 0.3 is 5.97 Å². The molecule has 0 spiro atoms. The number of hydrogen-bond donors (Lipinski definition) is 0. The van der Waals surface area contributed by atoms with Crippen LogP contribution in [0.15, 0.2) is 42.5 Å². The Labute approximate surface area is 125 Å². The monoisotopic (exact) mass is 280 g/mol. The van der Waals surface area contributed by atoms with Crippen LogP contribution in [0.3, 0.4) is 0 Å². The molecule has 1 saturated carbocycles. The zero-order valence-corrected chi connectivity index (χ0v) is 12.3. The topological polar surface area (TPSA) is 26.3 Å².